The minimum absolute atomic E-state index is 0.0900. The van der Waals surface area contributed by atoms with Crippen LogP contribution in [0.15, 0.2) is 41.2 Å². The van der Waals surface area contributed by atoms with E-state index in [2.05, 4.69) is 23.4 Å². The molecular weight excluding hydrogens is 384 g/mol. The number of carbonyl (C=O) groups is 1. The number of nitrogens with zero attached hydrogens (tertiary/aromatic N) is 3. The van der Waals surface area contributed by atoms with Crippen LogP contribution in [0.25, 0.3) is 15.7 Å². The van der Waals surface area contributed by atoms with Crippen LogP contribution in [0.5, 0.6) is 0 Å². The summed E-state index contributed by atoms with van der Waals surface area (Å²) in [4.78, 5) is 26.7. The van der Waals surface area contributed by atoms with Crippen molar-refractivity contribution >= 4 is 33.0 Å². The minimum Gasteiger partial charge on any atom is -0.350 e. The molecule has 0 fully saturated rings. The number of carbonyl (C=O) groups excluding carboxylic acids is 1. The zero-order valence-electron chi connectivity index (χ0n) is 16.9. The van der Waals surface area contributed by atoms with E-state index < -0.39 is 0 Å². The van der Waals surface area contributed by atoms with Gasteiger partial charge in [-0.05, 0) is 31.0 Å². The smallest absolute Gasteiger partial charge is 0.291 e. The molecule has 29 heavy (non-hydrogen) atoms. The summed E-state index contributed by atoms with van der Waals surface area (Å²) in [6.45, 7) is 6.49. The number of benzene rings is 1. The van der Waals surface area contributed by atoms with Gasteiger partial charge in [-0.3, -0.25) is 14.0 Å². The second kappa shape index (κ2) is 7.83. The van der Waals surface area contributed by atoms with E-state index in [0.29, 0.717) is 18.5 Å². The zero-order chi connectivity index (χ0) is 20.5. The molecule has 0 aliphatic heterocycles. The van der Waals surface area contributed by atoms with Crippen molar-refractivity contribution in [3.05, 3.63) is 68.6 Å². The van der Waals surface area contributed by atoms with Gasteiger partial charge < -0.3 is 5.32 Å². The second-order valence-electron chi connectivity index (χ2n) is 7.18. The molecule has 0 spiro atoms. The Morgan fingerprint density at radius 3 is 2.55 bits per heavy atom. The lowest BCUT2D eigenvalue weighted by atomic mass is 10.1. The number of hydrogen-bond acceptors (Lipinski definition) is 4. The third-order valence-corrected chi connectivity index (χ3v) is 6.27. The summed E-state index contributed by atoms with van der Waals surface area (Å²) in [7, 11) is 0. The SMILES string of the molecule is CCc1cc2c(cc3c(=O)n(CC(=O)NCc4ccc(C)cc4)nc(CC)n32)s1. The molecule has 0 unspecified atom stereocenters. The van der Waals surface area contributed by atoms with E-state index in [1.165, 1.54) is 15.1 Å². The van der Waals surface area contributed by atoms with Crippen molar-refractivity contribution in [2.24, 2.45) is 0 Å². The van der Waals surface area contributed by atoms with Crippen molar-refractivity contribution in [2.45, 2.75) is 46.7 Å². The molecule has 1 aromatic carbocycles. The van der Waals surface area contributed by atoms with Crippen molar-refractivity contribution in [2.75, 3.05) is 0 Å². The van der Waals surface area contributed by atoms with Crippen molar-refractivity contribution in [3.8, 4) is 0 Å². The highest BCUT2D eigenvalue weighted by molar-refractivity contribution is 7.19. The van der Waals surface area contributed by atoms with Crippen molar-refractivity contribution in [1.82, 2.24) is 19.5 Å². The Morgan fingerprint density at radius 2 is 1.86 bits per heavy atom. The Kier molecular flexibility index (Phi) is 5.24. The lowest BCUT2D eigenvalue weighted by Gasteiger charge is -2.10. The maximum atomic E-state index is 13.0. The molecule has 150 valence electrons. The van der Waals surface area contributed by atoms with Crippen LogP contribution in [0.3, 0.4) is 0 Å². The molecule has 0 atom stereocenters. The number of fused-ring (bicyclic) bond motifs is 3. The van der Waals surface area contributed by atoms with Gasteiger partial charge in [0.05, 0.1) is 10.2 Å². The summed E-state index contributed by atoms with van der Waals surface area (Å²) >= 11 is 1.70. The number of amides is 1. The fraction of sp³-hybridized carbons (Fsp3) is 0.318. The standard InChI is InChI=1S/C22H24N4O2S/c1-4-16-10-17-19(29-16)11-18-22(28)25(24-20(5-2)26(17)18)13-21(27)23-12-15-8-6-14(3)7-9-15/h6-11H,4-5,12-13H2,1-3H3,(H,23,27). The molecule has 6 nitrogen and oxygen atoms in total. The van der Waals surface area contributed by atoms with Gasteiger partial charge in [-0.2, -0.15) is 5.10 Å². The summed E-state index contributed by atoms with van der Waals surface area (Å²) in [5.41, 5.74) is 3.56. The predicted molar refractivity (Wildman–Crippen MR) is 117 cm³/mol. The first-order valence-electron chi connectivity index (χ1n) is 9.86. The minimum atomic E-state index is -0.242. The molecule has 0 saturated heterocycles. The van der Waals surface area contributed by atoms with Crippen molar-refractivity contribution < 1.29 is 4.79 Å². The largest absolute Gasteiger partial charge is 0.350 e. The molecule has 4 aromatic rings. The summed E-state index contributed by atoms with van der Waals surface area (Å²) in [6, 6.07) is 12.0. The summed E-state index contributed by atoms with van der Waals surface area (Å²) < 4.78 is 4.30. The third kappa shape index (κ3) is 3.70. The highest BCUT2D eigenvalue weighted by Gasteiger charge is 2.17. The van der Waals surface area contributed by atoms with Gasteiger partial charge in [0.2, 0.25) is 5.91 Å². The first-order chi connectivity index (χ1) is 14.0. The van der Waals surface area contributed by atoms with Gasteiger partial charge in [0.1, 0.15) is 17.9 Å². The lowest BCUT2D eigenvalue weighted by Crippen LogP contribution is -2.35. The maximum Gasteiger partial charge on any atom is 0.291 e. The average molecular weight is 409 g/mol. The zero-order valence-corrected chi connectivity index (χ0v) is 17.7. The third-order valence-electron chi connectivity index (χ3n) is 5.06. The molecule has 1 N–H and O–H groups in total. The first-order valence-corrected chi connectivity index (χ1v) is 10.7. The number of aryl methyl sites for hydroxylation is 3. The summed E-state index contributed by atoms with van der Waals surface area (Å²) in [5, 5.41) is 7.37. The van der Waals surface area contributed by atoms with E-state index in [1.54, 1.807) is 11.3 Å². The first kappa shape index (κ1) is 19.4. The highest BCUT2D eigenvalue weighted by atomic mass is 32.1. The molecule has 0 aliphatic carbocycles. The van der Waals surface area contributed by atoms with Gasteiger partial charge in [0, 0.05) is 17.8 Å². The number of nitrogens with one attached hydrogen (secondary N) is 1. The van der Waals surface area contributed by atoms with Gasteiger partial charge in [-0.25, -0.2) is 4.68 Å². The number of thiophene rings is 1. The number of rotatable bonds is 6. The van der Waals surface area contributed by atoms with Crippen LogP contribution in [0.4, 0.5) is 0 Å². The molecule has 0 radical (unpaired) electrons. The Hall–Kier alpha value is -2.93. The highest BCUT2D eigenvalue weighted by Crippen LogP contribution is 2.29. The molecule has 4 rings (SSSR count). The molecule has 1 amide bonds. The van der Waals surface area contributed by atoms with Crippen molar-refractivity contribution in [1.29, 1.82) is 0 Å². The van der Waals surface area contributed by atoms with E-state index in [-0.39, 0.29) is 18.0 Å². The average Bonchev–Trinajstić information content (AvgIpc) is 3.28. The fourth-order valence-electron chi connectivity index (χ4n) is 3.45. The van der Waals surface area contributed by atoms with Crippen LogP contribution in [0.2, 0.25) is 0 Å². The topological polar surface area (TPSA) is 68.4 Å². The monoisotopic (exact) mass is 408 g/mol. The van der Waals surface area contributed by atoms with Crippen molar-refractivity contribution in [3.63, 3.8) is 0 Å². The quantitative estimate of drug-likeness (QED) is 0.531. The fourth-order valence-corrected chi connectivity index (χ4v) is 4.47. The Balaban J connectivity index is 1.61. The van der Waals surface area contributed by atoms with Crippen LogP contribution in [-0.2, 0) is 30.7 Å². The maximum absolute atomic E-state index is 13.0. The van der Waals surface area contributed by atoms with Crippen LogP contribution in [-0.4, -0.2) is 20.1 Å². The van der Waals surface area contributed by atoms with Crippen LogP contribution < -0.4 is 10.9 Å². The summed E-state index contributed by atoms with van der Waals surface area (Å²) in [5.74, 6) is 0.551. The Bertz CT molecular complexity index is 1250. The molecule has 0 aliphatic rings. The van der Waals surface area contributed by atoms with Gasteiger partial charge >= 0.3 is 0 Å². The van der Waals surface area contributed by atoms with E-state index in [4.69, 9.17) is 0 Å². The Morgan fingerprint density at radius 1 is 1.10 bits per heavy atom. The normalized spacial score (nSPS) is 11.4. The van der Waals surface area contributed by atoms with Gasteiger partial charge in [0.25, 0.3) is 5.56 Å². The summed E-state index contributed by atoms with van der Waals surface area (Å²) in [6.07, 6.45) is 1.64. The predicted octanol–water partition coefficient (Wildman–Crippen LogP) is 3.46. The van der Waals surface area contributed by atoms with E-state index in [0.717, 1.165) is 28.0 Å². The van der Waals surface area contributed by atoms with Crippen LogP contribution in [0, 0.1) is 6.92 Å². The molecular formula is C22H24N4O2S. The van der Waals surface area contributed by atoms with Crippen LogP contribution in [0.1, 0.15) is 35.7 Å². The molecule has 7 heteroatoms. The number of aromatic nitrogens is 3. The van der Waals surface area contributed by atoms with E-state index in [1.807, 2.05) is 48.6 Å². The van der Waals surface area contributed by atoms with E-state index >= 15 is 0 Å². The van der Waals surface area contributed by atoms with E-state index in [9.17, 15) is 9.59 Å². The molecule has 0 bridgehead atoms. The number of hydrogen-bond donors (Lipinski definition) is 1. The van der Waals surface area contributed by atoms with Gasteiger partial charge in [-0.15, -0.1) is 11.3 Å². The van der Waals surface area contributed by atoms with Gasteiger partial charge in [0.15, 0.2) is 0 Å². The Labute approximate surface area is 172 Å². The molecule has 3 aromatic heterocycles. The second-order valence-corrected chi connectivity index (χ2v) is 8.34. The molecule has 0 saturated carbocycles. The molecule has 3 heterocycles. The lowest BCUT2D eigenvalue weighted by molar-refractivity contribution is -0.122. The van der Waals surface area contributed by atoms with Gasteiger partial charge in [-0.1, -0.05) is 43.7 Å². The van der Waals surface area contributed by atoms with Crippen LogP contribution >= 0.6 is 11.3 Å².